The molecule has 1 heterocycles. The molecule has 1 N–H and O–H groups in total. The van der Waals surface area contributed by atoms with E-state index in [1.54, 1.807) is 6.26 Å². The number of anilines is 2. The van der Waals surface area contributed by atoms with Crippen molar-refractivity contribution in [1.82, 2.24) is 0 Å². The Bertz CT molecular complexity index is 472. The summed E-state index contributed by atoms with van der Waals surface area (Å²) in [5.74, 6) is 0.952. The van der Waals surface area contributed by atoms with Gasteiger partial charge in [-0.2, -0.15) is 0 Å². The molecule has 0 aliphatic rings. The lowest BCUT2D eigenvalue weighted by Crippen LogP contribution is -2.21. The van der Waals surface area contributed by atoms with Gasteiger partial charge in [-0.1, -0.05) is 0 Å². The van der Waals surface area contributed by atoms with Crippen molar-refractivity contribution in [3.8, 4) is 0 Å². The number of nitrogens with zero attached hydrogens (tertiary/aromatic N) is 1. The fraction of sp³-hybridized carbons (Fsp3) is 0.375. The zero-order chi connectivity index (χ0) is 13.7. The highest BCUT2D eigenvalue weighted by atomic mass is 16.3. The molecule has 3 nitrogen and oxygen atoms in total. The first-order valence-electron chi connectivity index (χ1n) is 6.89. The second-order valence-electron chi connectivity index (χ2n) is 4.60. The van der Waals surface area contributed by atoms with Gasteiger partial charge in [0, 0.05) is 24.5 Å². The zero-order valence-corrected chi connectivity index (χ0v) is 11.9. The molecule has 0 spiro atoms. The van der Waals surface area contributed by atoms with Crippen molar-refractivity contribution in [3.05, 3.63) is 48.4 Å². The molecule has 0 fully saturated rings. The van der Waals surface area contributed by atoms with E-state index in [9.17, 15) is 0 Å². The van der Waals surface area contributed by atoms with Gasteiger partial charge in [-0.15, -0.1) is 0 Å². The Balaban J connectivity index is 2.02. The lowest BCUT2D eigenvalue weighted by Gasteiger charge is -2.21. The molecule has 102 valence electrons. The molecule has 19 heavy (non-hydrogen) atoms. The Kier molecular flexibility index (Phi) is 4.50. The van der Waals surface area contributed by atoms with Crippen molar-refractivity contribution < 1.29 is 4.42 Å². The van der Waals surface area contributed by atoms with Crippen LogP contribution in [0.4, 0.5) is 11.4 Å². The summed E-state index contributed by atoms with van der Waals surface area (Å²) in [6.45, 7) is 8.51. The quantitative estimate of drug-likeness (QED) is 0.837. The number of furan rings is 1. The molecule has 0 radical (unpaired) electrons. The molecule has 2 rings (SSSR count). The Hall–Kier alpha value is -1.90. The summed E-state index contributed by atoms with van der Waals surface area (Å²) in [6.07, 6.45) is 1.71. The number of hydrogen-bond acceptors (Lipinski definition) is 3. The maximum absolute atomic E-state index is 5.39. The minimum absolute atomic E-state index is 0.175. The highest BCUT2D eigenvalue weighted by molar-refractivity contribution is 5.55. The van der Waals surface area contributed by atoms with E-state index >= 15 is 0 Å². The summed E-state index contributed by atoms with van der Waals surface area (Å²) < 4.78 is 5.39. The van der Waals surface area contributed by atoms with Crippen LogP contribution in [0.1, 0.15) is 32.6 Å². The molecule has 0 saturated heterocycles. The first kappa shape index (κ1) is 13.5. The molecular weight excluding hydrogens is 236 g/mol. The van der Waals surface area contributed by atoms with Crippen molar-refractivity contribution >= 4 is 11.4 Å². The summed E-state index contributed by atoms with van der Waals surface area (Å²) in [5.41, 5.74) is 2.38. The molecule has 1 atom stereocenters. The molecule has 0 saturated carbocycles. The van der Waals surface area contributed by atoms with Crippen LogP contribution in [0.2, 0.25) is 0 Å². The van der Waals surface area contributed by atoms with Gasteiger partial charge in [-0.05, 0) is 57.2 Å². The molecule has 0 bridgehead atoms. The van der Waals surface area contributed by atoms with E-state index in [1.165, 1.54) is 5.69 Å². The zero-order valence-electron chi connectivity index (χ0n) is 11.9. The average molecular weight is 258 g/mol. The first-order valence-corrected chi connectivity index (χ1v) is 6.89. The lowest BCUT2D eigenvalue weighted by molar-refractivity contribution is 0.490. The first-order chi connectivity index (χ1) is 9.24. The van der Waals surface area contributed by atoms with Crippen LogP contribution in [0.3, 0.4) is 0 Å². The summed E-state index contributed by atoms with van der Waals surface area (Å²) in [7, 11) is 0. The third kappa shape index (κ3) is 3.31. The van der Waals surface area contributed by atoms with Crippen molar-refractivity contribution in [2.45, 2.75) is 26.8 Å². The predicted molar refractivity (Wildman–Crippen MR) is 80.7 cm³/mol. The molecule has 0 aliphatic carbocycles. The number of hydrogen-bond donors (Lipinski definition) is 1. The standard InChI is InChI=1S/C16H22N2O/c1-4-18(5-2)15-10-8-14(9-11-15)17-13(3)16-7-6-12-19-16/h6-13,17H,4-5H2,1-3H3. The molecule has 0 aliphatic heterocycles. The maximum atomic E-state index is 5.39. The molecule has 1 aromatic heterocycles. The van der Waals surface area contributed by atoms with Crippen LogP contribution in [0.15, 0.2) is 47.1 Å². The van der Waals surface area contributed by atoms with Gasteiger partial charge in [0.1, 0.15) is 5.76 Å². The summed E-state index contributed by atoms with van der Waals surface area (Å²) >= 11 is 0. The van der Waals surface area contributed by atoms with Crippen LogP contribution < -0.4 is 10.2 Å². The molecular formula is C16H22N2O. The molecule has 2 aromatic rings. The van der Waals surface area contributed by atoms with E-state index in [4.69, 9.17) is 4.42 Å². The molecule has 1 unspecified atom stereocenters. The van der Waals surface area contributed by atoms with Gasteiger partial charge in [-0.3, -0.25) is 0 Å². The highest BCUT2D eigenvalue weighted by Crippen LogP contribution is 2.22. The van der Waals surface area contributed by atoms with Crippen molar-refractivity contribution in [2.75, 3.05) is 23.3 Å². The van der Waals surface area contributed by atoms with E-state index < -0.39 is 0 Å². The van der Waals surface area contributed by atoms with Crippen LogP contribution in [0, 0.1) is 0 Å². The number of benzene rings is 1. The van der Waals surface area contributed by atoms with E-state index in [0.29, 0.717) is 0 Å². The second-order valence-corrected chi connectivity index (χ2v) is 4.60. The minimum atomic E-state index is 0.175. The highest BCUT2D eigenvalue weighted by Gasteiger charge is 2.08. The van der Waals surface area contributed by atoms with E-state index in [0.717, 1.165) is 24.5 Å². The largest absolute Gasteiger partial charge is 0.467 e. The van der Waals surface area contributed by atoms with Gasteiger partial charge in [0.15, 0.2) is 0 Å². The van der Waals surface area contributed by atoms with Gasteiger partial charge < -0.3 is 14.6 Å². The van der Waals surface area contributed by atoms with Crippen LogP contribution in [-0.2, 0) is 0 Å². The topological polar surface area (TPSA) is 28.4 Å². The van der Waals surface area contributed by atoms with Crippen LogP contribution in [0.5, 0.6) is 0 Å². The van der Waals surface area contributed by atoms with Gasteiger partial charge in [0.2, 0.25) is 0 Å². The Labute approximate surface area is 115 Å². The summed E-state index contributed by atoms with van der Waals surface area (Å²) in [6, 6.07) is 12.6. The third-order valence-corrected chi connectivity index (χ3v) is 3.35. The minimum Gasteiger partial charge on any atom is -0.467 e. The second kappa shape index (κ2) is 6.32. The maximum Gasteiger partial charge on any atom is 0.125 e. The SMILES string of the molecule is CCN(CC)c1ccc(NC(C)c2ccco2)cc1. The molecule has 1 aromatic carbocycles. The Morgan fingerprint density at radius 2 is 1.79 bits per heavy atom. The predicted octanol–water partition coefficient (Wildman–Crippen LogP) is 4.30. The lowest BCUT2D eigenvalue weighted by atomic mass is 10.2. The molecule has 3 heteroatoms. The number of rotatable bonds is 6. The van der Waals surface area contributed by atoms with Crippen molar-refractivity contribution in [3.63, 3.8) is 0 Å². The monoisotopic (exact) mass is 258 g/mol. The van der Waals surface area contributed by atoms with Gasteiger partial charge >= 0.3 is 0 Å². The average Bonchev–Trinajstić information content (AvgIpc) is 2.96. The number of nitrogens with one attached hydrogen (secondary N) is 1. The Morgan fingerprint density at radius 3 is 2.32 bits per heavy atom. The van der Waals surface area contributed by atoms with Gasteiger partial charge in [0.25, 0.3) is 0 Å². The summed E-state index contributed by atoms with van der Waals surface area (Å²) in [4.78, 5) is 2.33. The van der Waals surface area contributed by atoms with Crippen molar-refractivity contribution in [2.24, 2.45) is 0 Å². The van der Waals surface area contributed by atoms with Crippen LogP contribution in [0.25, 0.3) is 0 Å². The van der Waals surface area contributed by atoms with E-state index in [1.807, 2.05) is 12.1 Å². The molecule has 0 amide bonds. The van der Waals surface area contributed by atoms with Gasteiger partial charge in [-0.25, -0.2) is 0 Å². The van der Waals surface area contributed by atoms with E-state index in [-0.39, 0.29) is 6.04 Å². The smallest absolute Gasteiger partial charge is 0.125 e. The van der Waals surface area contributed by atoms with Gasteiger partial charge in [0.05, 0.1) is 12.3 Å². The van der Waals surface area contributed by atoms with E-state index in [2.05, 4.69) is 55.3 Å². The fourth-order valence-electron chi connectivity index (χ4n) is 2.22. The van der Waals surface area contributed by atoms with Crippen LogP contribution in [-0.4, -0.2) is 13.1 Å². The fourth-order valence-corrected chi connectivity index (χ4v) is 2.22. The summed E-state index contributed by atoms with van der Waals surface area (Å²) in [5, 5.41) is 3.43. The third-order valence-electron chi connectivity index (χ3n) is 3.35. The normalized spacial score (nSPS) is 12.2. The Morgan fingerprint density at radius 1 is 1.11 bits per heavy atom. The van der Waals surface area contributed by atoms with Crippen molar-refractivity contribution in [1.29, 1.82) is 0 Å². The van der Waals surface area contributed by atoms with Crippen LogP contribution >= 0.6 is 0 Å².